The second-order valence-corrected chi connectivity index (χ2v) is 2.58. The van der Waals surface area contributed by atoms with E-state index in [1.165, 1.54) is 10.9 Å². The molecule has 0 atom stereocenters. The van der Waals surface area contributed by atoms with Crippen LogP contribution in [0.25, 0.3) is 11.0 Å². The molecule has 2 aromatic heterocycles. The zero-order valence-corrected chi connectivity index (χ0v) is 6.68. The Morgan fingerprint density at radius 3 is 2.92 bits per heavy atom. The van der Waals surface area contributed by atoms with Crippen LogP contribution < -0.4 is 11.2 Å². The fourth-order valence-corrected chi connectivity index (χ4v) is 1.10. The minimum absolute atomic E-state index is 0.0179. The lowest BCUT2D eigenvalue weighted by Gasteiger charge is -1.95. The van der Waals surface area contributed by atoms with Gasteiger partial charge in [0.25, 0.3) is 0 Å². The summed E-state index contributed by atoms with van der Waals surface area (Å²) in [6.07, 6.45) is 1.28. The molecule has 7 nitrogen and oxygen atoms in total. The molecule has 0 aliphatic carbocycles. The molecule has 2 N–H and O–H groups in total. The van der Waals surface area contributed by atoms with Gasteiger partial charge in [-0.2, -0.15) is 5.10 Å². The first-order valence-corrected chi connectivity index (χ1v) is 3.47. The minimum Gasteiger partial charge on any atom is -0.421 e. The molecule has 0 radical (unpaired) electrons. The third-order valence-corrected chi connectivity index (χ3v) is 1.78. The highest BCUT2D eigenvalue weighted by Gasteiger charge is 2.08. The summed E-state index contributed by atoms with van der Waals surface area (Å²) < 4.78 is 1.36. The number of hydrogen-bond acceptors (Lipinski definition) is 4. The summed E-state index contributed by atoms with van der Waals surface area (Å²) in [5, 5.41) is 12.9. The van der Waals surface area contributed by atoms with Crippen LogP contribution in [-0.2, 0) is 7.05 Å². The average Bonchev–Trinajstić information content (AvgIpc) is 2.45. The normalized spacial score (nSPS) is 10.8. The Morgan fingerprint density at radius 2 is 2.23 bits per heavy atom. The van der Waals surface area contributed by atoms with Gasteiger partial charge in [-0.05, 0) is 0 Å². The maximum Gasteiger partial charge on any atom is 0.363 e. The Bertz CT molecular complexity index is 576. The number of fused-ring (bicyclic) bond motifs is 1. The molecule has 2 heterocycles. The molecule has 68 valence electrons. The van der Waals surface area contributed by atoms with E-state index in [4.69, 9.17) is 5.21 Å². The van der Waals surface area contributed by atoms with Crippen molar-refractivity contribution in [2.75, 3.05) is 0 Å². The van der Waals surface area contributed by atoms with Crippen molar-refractivity contribution < 1.29 is 5.21 Å². The van der Waals surface area contributed by atoms with Crippen molar-refractivity contribution in [1.82, 2.24) is 19.5 Å². The molecule has 2 rings (SSSR count). The van der Waals surface area contributed by atoms with E-state index in [1.807, 2.05) is 0 Å². The summed E-state index contributed by atoms with van der Waals surface area (Å²) in [7, 11) is 1.58. The van der Waals surface area contributed by atoms with Crippen LogP contribution in [0.1, 0.15) is 0 Å². The van der Waals surface area contributed by atoms with Crippen LogP contribution in [0, 0.1) is 0 Å². The Labute approximate surface area is 70.8 Å². The summed E-state index contributed by atoms with van der Waals surface area (Å²) >= 11 is 0. The predicted octanol–water partition coefficient (Wildman–Crippen LogP) is -1.34. The minimum atomic E-state index is -0.874. The van der Waals surface area contributed by atoms with Crippen LogP contribution in [-0.4, -0.2) is 24.7 Å². The first-order chi connectivity index (χ1) is 6.11. The second-order valence-electron chi connectivity index (χ2n) is 2.58. The van der Waals surface area contributed by atoms with Gasteiger partial charge in [0.15, 0.2) is 0 Å². The van der Waals surface area contributed by atoms with E-state index in [2.05, 4.69) is 10.1 Å². The van der Waals surface area contributed by atoms with Crippen LogP contribution >= 0.6 is 0 Å². The fourth-order valence-electron chi connectivity index (χ4n) is 1.10. The highest BCUT2D eigenvalue weighted by molar-refractivity contribution is 5.72. The molecule has 0 aliphatic heterocycles. The van der Waals surface area contributed by atoms with Crippen molar-refractivity contribution in [3.63, 3.8) is 0 Å². The Hall–Kier alpha value is -2.05. The Kier molecular flexibility index (Phi) is 1.30. The van der Waals surface area contributed by atoms with E-state index in [9.17, 15) is 9.59 Å². The van der Waals surface area contributed by atoms with Gasteiger partial charge in [0, 0.05) is 7.05 Å². The van der Waals surface area contributed by atoms with Crippen molar-refractivity contribution in [3.05, 3.63) is 27.0 Å². The molecule has 0 fully saturated rings. The number of aromatic amines is 1. The molecule has 7 heteroatoms. The van der Waals surface area contributed by atoms with Gasteiger partial charge >= 0.3 is 11.2 Å². The molecule has 0 spiro atoms. The molecular formula is C6H6N4O3. The standard InChI is InChI=1S/C6H6N4O3/c1-9-4-3(2-7-9)5(11)10(13)6(12)8-4/h2,13H,1H3,(H,8,12). The quantitative estimate of drug-likeness (QED) is 0.493. The number of nitrogens with zero attached hydrogens (tertiary/aromatic N) is 3. The number of rotatable bonds is 0. The van der Waals surface area contributed by atoms with Gasteiger partial charge in [-0.3, -0.25) is 14.5 Å². The topological polar surface area (TPSA) is 92.9 Å². The molecule has 0 saturated heterocycles. The van der Waals surface area contributed by atoms with E-state index >= 15 is 0 Å². The van der Waals surface area contributed by atoms with Gasteiger partial charge in [0.05, 0.1) is 6.20 Å². The second kappa shape index (κ2) is 2.22. The lowest BCUT2D eigenvalue weighted by atomic mass is 10.4. The van der Waals surface area contributed by atoms with Crippen molar-refractivity contribution in [3.8, 4) is 0 Å². The van der Waals surface area contributed by atoms with Crippen LogP contribution in [0.4, 0.5) is 0 Å². The van der Waals surface area contributed by atoms with E-state index in [0.29, 0.717) is 5.65 Å². The number of H-pyrrole nitrogens is 1. The molecular weight excluding hydrogens is 176 g/mol. The molecule has 2 aromatic rings. The molecule has 0 unspecified atom stereocenters. The Morgan fingerprint density at radius 1 is 1.54 bits per heavy atom. The third-order valence-electron chi connectivity index (χ3n) is 1.78. The molecule has 0 aromatic carbocycles. The van der Waals surface area contributed by atoms with E-state index in [1.54, 1.807) is 7.05 Å². The lowest BCUT2D eigenvalue weighted by molar-refractivity contribution is 0.162. The molecule has 0 bridgehead atoms. The SMILES string of the molecule is Cn1ncc2c(=O)n(O)c(=O)[nH]c21. The smallest absolute Gasteiger partial charge is 0.363 e. The van der Waals surface area contributed by atoms with Crippen molar-refractivity contribution >= 4 is 11.0 Å². The highest BCUT2D eigenvalue weighted by Crippen LogP contribution is 1.99. The molecule has 0 saturated carbocycles. The van der Waals surface area contributed by atoms with Gasteiger partial charge in [-0.25, -0.2) is 4.79 Å². The summed E-state index contributed by atoms with van der Waals surface area (Å²) in [6, 6.07) is 0. The van der Waals surface area contributed by atoms with E-state index in [-0.39, 0.29) is 10.1 Å². The first kappa shape index (κ1) is 7.59. The van der Waals surface area contributed by atoms with Gasteiger partial charge in [-0.15, -0.1) is 0 Å². The first-order valence-electron chi connectivity index (χ1n) is 3.47. The molecule has 0 amide bonds. The van der Waals surface area contributed by atoms with Crippen molar-refractivity contribution in [2.45, 2.75) is 0 Å². The Balaban J connectivity index is 3.14. The van der Waals surface area contributed by atoms with Crippen LogP contribution in [0.5, 0.6) is 0 Å². The van der Waals surface area contributed by atoms with E-state index < -0.39 is 11.2 Å². The summed E-state index contributed by atoms with van der Waals surface area (Å²) in [5.74, 6) is 0. The van der Waals surface area contributed by atoms with Crippen LogP contribution in [0.3, 0.4) is 0 Å². The summed E-state index contributed by atoms with van der Waals surface area (Å²) in [4.78, 5) is 24.4. The predicted molar refractivity (Wildman–Crippen MR) is 42.8 cm³/mol. The van der Waals surface area contributed by atoms with Gasteiger partial charge in [0.1, 0.15) is 11.0 Å². The number of aromatic nitrogens is 4. The highest BCUT2D eigenvalue weighted by atomic mass is 16.5. The average molecular weight is 182 g/mol. The number of nitrogens with one attached hydrogen (secondary N) is 1. The van der Waals surface area contributed by atoms with Gasteiger partial charge < -0.3 is 5.21 Å². The fraction of sp³-hybridized carbons (Fsp3) is 0.167. The molecule has 0 aliphatic rings. The maximum absolute atomic E-state index is 11.2. The lowest BCUT2D eigenvalue weighted by Crippen LogP contribution is -2.33. The largest absolute Gasteiger partial charge is 0.421 e. The summed E-state index contributed by atoms with van der Waals surface area (Å²) in [6.45, 7) is 0. The van der Waals surface area contributed by atoms with Crippen molar-refractivity contribution in [2.24, 2.45) is 7.05 Å². The van der Waals surface area contributed by atoms with Crippen LogP contribution in [0.15, 0.2) is 15.8 Å². The summed E-state index contributed by atoms with van der Waals surface area (Å²) in [5.41, 5.74) is -1.35. The zero-order valence-electron chi connectivity index (χ0n) is 6.68. The number of hydrogen-bond donors (Lipinski definition) is 2. The molecule has 13 heavy (non-hydrogen) atoms. The van der Waals surface area contributed by atoms with Crippen molar-refractivity contribution in [1.29, 1.82) is 0 Å². The zero-order chi connectivity index (χ0) is 9.59. The maximum atomic E-state index is 11.2. The third kappa shape index (κ3) is 0.866. The number of aryl methyl sites for hydroxylation is 1. The van der Waals surface area contributed by atoms with Crippen LogP contribution in [0.2, 0.25) is 0 Å². The van der Waals surface area contributed by atoms with Gasteiger partial charge in [-0.1, -0.05) is 4.73 Å². The van der Waals surface area contributed by atoms with E-state index in [0.717, 1.165) is 0 Å². The monoisotopic (exact) mass is 182 g/mol. The van der Waals surface area contributed by atoms with Gasteiger partial charge in [0.2, 0.25) is 0 Å².